The molecule has 5 heteroatoms. The van der Waals surface area contributed by atoms with E-state index in [2.05, 4.69) is 5.32 Å². The molecule has 2 rings (SSSR count). The Kier molecular flexibility index (Phi) is 6.88. The summed E-state index contributed by atoms with van der Waals surface area (Å²) < 4.78 is 0. The molecule has 0 aromatic carbocycles. The molecular formula is C18H33N3O2. The molecule has 0 aromatic rings. The zero-order chi connectivity index (χ0) is 16.8. The van der Waals surface area contributed by atoms with Crippen LogP contribution in [0.1, 0.15) is 71.6 Å². The number of piperidine rings is 1. The third kappa shape index (κ3) is 5.20. The molecule has 3 N–H and O–H groups in total. The van der Waals surface area contributed by atoms with Crippen LogP contribution in [0.25, 0.3) is 0 Å². The molecule has 0 radical (unpaired) electrons. The summed E-state index contributed by atoms with van der Waals surface area (Å²) in [5.74, 6) is 0.406. The Labute approximate surface area is 140 Å². The van der Waals surface area contributed by atoms with E-state index in [1.165, 1.54) is 6.42 Å². The first-order valence-corrected chi connectivity index (χ1v) is 9.34. The van der Waals surface area contributed by atoms with Gasteiger partial charge in [0.05, 0.1) is 0 Å². The van der Waals surface area contributed by atoms with Crippen LogP contribution < -0.4 is 11.1 Å². The number of nitrogens with one attached hydrogen (secondary N) is 1. The van der Waals surface area contributed by atoms with Crippen molar-refractivity contribution >= 4 is 11.8 Å². The molecule has 0 spiro atoms. The lowest BCUT2D eigenvalue weighted by Gasteiger charge is -2.38. The lowest BCUT2D eigenvalue weighted by Crippen LogP contribution is -2.53. The van der Waals surface area contributed by atoms with Crippen LogP contribution in [0.3, 0.4) is 0 Å². The zero-order valence-electron chi connectivity index (χ0n) is 14.7. The number of nitrogens with zero attached hydrogens (tertiary/aromatic N) is 1. The predicted molar refractivity (Wildman–Crippen MR) is 91.8 cm³/mol. The smallest absolute Gasteiger partial charge is 0.224 e. The molecule has 1 saturated heterocycles. The van der Waals surface area contributed by atoms with Gasteiger partial charge in [0.15, 0.2) is 0 Å². The first-order valence-electron chi connectivity index (χ1n) is 9.34. The molecular weight excluding hydrogens is 290 g/mol. The van der Waals surface area contributed by atoms with Crippen LogP contribution in [0.4, 0.5) is 0 Å². The van der Waals surface area contributed by atoms with Crippen LogP contribution in [0.15, 0.2) is 0 Å². The SMILES string of the molecule is CC(CC(=O)N1CCCCC1C(C)N)NC(=O)C1CCCCC1. The molecule has 0 aromatic heterocycles. The van der Waals surface area contributed by atoms with E-state index < -0.39 is 0 Å². The third-order valence-corrected chi connectivity index (χ3v) is 5.32. The summed E-state index contributed by atoms with van der Waals surface area (Å²) in [6.45, 7) is 4.71. The summed E-state index contributed by atoms with van der Waals surface area (Å²) in [5, 5.41) is 3.05. The highest BCUT2D eigenvalue weighted by molar-refractivity contribution is 5.81. The van der Waals surface area contributed by atoms with Crippen molar-refractivity contribution in [2.75, 3.05) is 6.54 Å². The van der Waals surface area contributed by atoms with Gasteiger partial charge in [0.25, 0.3) is 0 Å². The first kappa shape index (κ1) is 18.2. The van der Waals surface area contributed by atoms with Gasteiger partial charge in [0.2, 0.25) is 11.8 Å². The van der Waals surface area contributed by atoms with Gasteiger partial charge in [-0.1, -0.05) is 19.3 Å². The summed E-state index contributed by atoms with van der Waals surface area (Å²) in [6.07, 6.45) is 9.09. The Hall–Kier alpha value is -1.10. The second-order valence-corrected chi connectivity index (χ2v) is 7.46. The second-order valence-electron chi connectivity index (χ2n) is 7.46. The number of carbonyl (C=O) groups excluding carboxylic acids is 2. The lowest BCUT2D eigenvalue weighted by atomic mass is 9.88. The highest BCUT2D eigenvalue weighted by Gasteiger charge is 2.30. The average molecular weight is 323 g/mol. The van der Waals surface area contributed by atoms with E-state index >= 15 is 0 Å². The van der Waals surface area contributed by atoms with Gasteiger partial charge in [0.1, 0.15) is 0 Å². The number of likely N-dealkylation sites (tertiary alicyclic amines) is 1. The van der Waals surface area contributed by atoms with Gasteiger partial charge in [-0.15, -0.1) is 0 Å². The number of hydrogen-bond acceptors (Lipinski definition) is 3. The van der Waals surface area contributed by atoms with Gasteiger partial charge in [-0.2, -0.15) is 0 Å². The molecule has 1 aliphatic heterocycles. The first-order chi connectivity index (χ1) is 11.0. The normalized spacial score (nSPS) is 25.7. The van der Waals surface area contributed by atoms with Gasteiger partial charge >= 0.3 is 0 Å². The van der Waals surface area contributed by atoms with Crippen molar-refractivity contribution in [2.24, 2.45) is 11.7 Å². The minimum Gasteiger partial charge on any atom is -0.353 e. The van der Waals surface area contributed by atoms with E-state index in [0.717, 1.165) is 51.5 Å². The Balaban J connectivity index is 1.82. The van der Waals surface area contributed by atoms with E-state index in [4.69, 9.17) is 5.73 Å². The average Bonchev–Trinajstić information content (AvgIpc) is 2.55. The topological polar surface area (TPSA) is 75.4 Å². The van der Waals surface area contributed by atoms with E-state index in [9.17, 15) is 9.59 Å². The molecule has 132 valence electrons. The Morgan fingerprint density at radius 2 is 1.74 bits per heavy atom. The van der Waals surface area contributed by atoms with Crippen molar-refractivity contribution in [3.8, 4) is 0 Å². The molecule has 2 aliphatic rings. The Morgan fingerprint density at radius 1 is 1.09 bits per heavy atom. The summed E-state index contributed by atoms with van der Waals surface area (Å²) in [4.78, 5) is 26.8. The minimum absolute atomic E-state index is 0.00591. The van der Waals surface area contributed by atoms with Gasteiger partial charge < -0.3 is 16.0 Å². The minimum atomic E-state index is -0.104. The maximum absolute atomic E-state index is 12.6. The number of amides is 2. The van der Waals surface area contributed by atoms with Gasteiger partial charge in [0, 0.05) is 37.0 Å². The van der Waals surface area contributed by atoms with Crippen LogP contribution in [-0.2, 0) is 9.59 Å². The lowest BCUT2D eigenvalue weighted by molar-refractivity contribution is -0.136. The summed E-state index contributed by atoms with van der Waals surface area (Å²) in [5.41, 5.74) is 6.04. The van der Waals surface area contributed by atoms with Crippen molar-refractivity contribution in [1.82, 2.24) is 10.2 Å². The van der Waals surface area contributed by atoms with E-state index in [0.29, 0.717) is 6.42 Å². The molecule has 1 aliphatic carbocycles. The molecule has 1 saturated carbocycles. The monoisotopic (exact) mass is 323 g/mol. The van der Waals surface area contributed by atoms with Crippen molar-refractivity contribution in [2.45, 2.75) is 89.8 Å². The molecule has 2 fully saturated rings. The van der Waals surface area contributed by atoms with Gasteiger partial charge in [-0.25, -0.2) is 0 Å². The quantitative estimate of drug-likeness (QED) is 0.814. The summed E-state index contributed by atoms with van der Waals surface area (Å²) >= 11 is 0. The van der Waals surface area contributed by atoms with E-state index in [-0.39, 0.29) is 35.9 Å². The molecule has 2 amide bonds. The number of hydrogen-bond donors (Lipinski definition) is 2. The Bertz CT molecular complexity index is 405. The maximum Gasteiger partial charge on any atom is 0.224 e. The molecule has 1 heterocycles. The van der Waals surface area contributed by atoms with Crippen molar-refractivity contribution < 1.29 is 9.59 Å². The fourth-order valence-corrected chi connectivity index (χ4v) is 3.97. The van der Waals surface area contributed by atoms with Crippen LogP contribution in [0.5, 0.6) is 0 Å². The highest BCUT2D eigenvalue weighted by Crippen LogP contribution is 2.24. The summed E-state index contributed by atoms with van der Waals surface area (Å²) in [7, 11) is 0. The fraction of sp³-hybridized carbons (Fsp3) is 0.889. The Morgan fingerprint density at radius 3 is 2.39 bits per heavy atom. The standard InChI is InChI=1S/C18H33N3O2/c1-13(20-18(23)15-8-4-3-5-9-15)12-17(22)21-11-7-6-10-16(21)14(2)19/h13-16H,3-12,19H2,1-2H3,(H,20,23). The molecule has 23 heavy (non-hydrogen) atoms. The largest absolute Gasteiger partial charge is 0.353 e. The van der Waals surface area contributed by atoms with Crippen LogP contribution in [0.2, 0.25) is 0 Å². The number of carbonyl (C=O) groups is 2. The van der Waals surface area contributed by atoms with Gasteiger partial charge in [-0.3, -0.25) is 9.59 Å². The zero-order valence-corrected chi connectivity index (χ0v) is 14.7. The van der Waals surface area contributed by atoms with Crippen molar-refractivity contribution in [3.63, 3.8) is 0 Å². The van der Waals surface area contributed by atoms with Crippen LogP contribution in [0, 0.1) is 5.92 Å². The molecule has 5 nitrogen and oxygen atoms in total. The maximum atomic E-state index is 12.6. The predicted octanol–water partition coefficient (Wildman–Crippen LogP) is 2.19. The van der Waals surface area contributed by atoms with E-state index in [1.807, 2.05) is 18.7 Å². The number of nitrogens with two attached hydrogens (primary N) is 1. The molecule has 0 bridgehead atoms. The fourth-order valence-electron chi connectivity index (χ4n) is 3.97. The van der Waals surface area contributed by atoms with Crippen LogP contribution in [-0.4, -0.2) is 41.4 Å². The van der Waals surface area contributed by atoms with E-state index in [1.54, 1.807) is 0 Å². The van der Waals surface area contributed by atoms with Gasteiger partial charge in [-0.05, 0) is 46.0 Å². The van der Waals surface area contributed by atoms with Crippen molar-refractivity contribution in [3.05, 3.63) is 0 Å². The summed E-state index contributed by atoms with van der Waals surface area (Å²) in [6, 6.07) is 0.0523. The highest BCUT2D eigenvalue weighted by atomic mass is 16.2. The van der Waals surface area contributed by atoms with Crippen molar-refractivity contribution in [1.29, 1.82) is 0 Å². The second kappa shape index (κ2) is 8.67. The third-order valence-electron chi connectivity index (χ3n) is 5.32. The number of rotatable bonds is 5. The molecule has 3 atom stereocenters. The van der Waals surface area contributed by atoms with Crippen LogP contribution >= 0.6 is 0 Å². The molecule has 3 unspecified atom stereocenters.